The molecule has 1 heterocycles. The molecule has 1 N–H and O–H groups in total. The SMILES string of the molecule is CCOc1ccc(Cn2cc(NC(=O)c3ccc(OC)cc3)cn2)cc1OCC. The number of nitrogens with one attached hydrogen (secondary N) is 1. The van der Waals surface area contributed by atoms with Crippen LogP contribution in [0.1, 0.15) is 29.8 Å². The average molecular weight is 395 g/mol. The van der Waals surface area contributed by atoms with Gasteiger partial charge in [-0.2, -0.15) is 5.10 Å². The molecule has 0 aliphatic heterocycles. The molecule has 0 bridgehead atoms. The summed E-state index contributed by atoms with van der Waals surface area (Å²) >= 11 is 0. The van der Waals surface area contributed by atoms with Crippen molar-refractivity contribution < 1.29 is 19.0 Å². The average Bonchev–Trinajstić information content (AvgIpc) is 3.17. The second-order valence-electron chi connectivity index (χ2n) is 6.26. The van der Waals surface area contributed by atoms with Gasteiger partial charge in [0, 0.05) is 11.8 Å². The van der Waals surface area contributed by atoms with Crippen LogP contribution in [0, 0.1) is 0 Å². The van der Waals surface area contributed by atoms with Crippen molar-refractivity contribution in [3.05, 3.63) is 66.0 Å². The van der Waals surface area contributed by atoms with Crippen molar-refractivity contribution in [2.24, 2.45) is 0 Å². The number of ether oxygens (including phenoxy) is 3. The first-order valence-electron chi connectivity index (χ1n) is 9.49. The van der Waals surface area contributed by atoms with Gasteiger partial charge < -0.3 is 19.5 Å². The van der Waals surface area contributed by atoms with Crippen LogP contribution in [0.3, 0.4) is 0 Å². The first kappa shape index (κ1) is 20.3. The van der Waals surface area contributed by atoms with Gasteiger partial charge in [0.1, 0.15) is 5.75 Å². The summed E-state index contributed by atoms with van der Waals surface area (Å²) in [6.45, 7) is 5.57. The van der Waals surface area contributed by atoms with Crippen LogP contribution < -0.4 is 19.5 Å². The van der Waals surface area contributed by atoms with E-state index in [1.807, 2.05) is 32.0 Å². The van der Waals surface area contributed by atoms with Crippen LogP contribution in [0.5, 0.6) is 17.2 Å². The Morgan fingerprint density at radius 3 is 2.45 bits per heavy atom. The van der Waals surface area contributed by atoms with E-state index in [4.69, 9.17) is 14.2 Å². The van der Waals surface area contributed by atoms with Crippen molar-refractivity contribution >= 4 is 11.6 Å². The van der Waals surface area contributed by atoms with Crippen molar-refractivity contribution in [2.45, 2.75) is 20.4 Å². The van der Waals surface area contributed by atoms with Gasteiger partial charge in [0.2, 0.25) is 0 Å². The van der Waals surface area contributed by atoms with Crippen LogP contribution in [0.4, 0.5) is 5.69 Å². The number of aromatic nitrogens is 2. The van der Waals surface area contributed by atoms with Crippen LogP contribution in [0.2, 0.25) is 0 Å². The molecule has 1 aromatic heterocycles. The van der Waals surface area contributed by atoms with Gasteiger partial charge >= 0.3 is 0 Å². The van der Waals surface area contributed by atoms with Gasteiger partial charge in [-0.3, -0.25) is 9.48 Å². The van der Waals surface area contributed by atoms with Crippen molar-refractivity contribution in [1.82, 2.24) is 9.78 Å². The Bertz CT molecular complexity index is 951. The number of benzene rings is 2. The Labute approximate surface area is 170 Å². The maximum atomic E-state index is 12.4. The van der Waals surface area contributed by atoms with E-state index >= 15 is 0 Å². The molecule has 7 heteroatoms. The van der Waals surface area contributed by atoms with Crippen LogP contribution in [0.25, 0.3) is 0 Å². The molecule has 0 spiro atoms. The number of carbonyl (C=O) groups is 1. The number of hydrogen-bond donors (Lipinski definition) is 1. The summed E-state index contributed by atoms with van der Waals surface area (Å²) in [7, 11) is 1.59. The minimum Gasteiger partial charge on any atom is -0.497 e. The van der Waals surface area contributed by atoms with Gasteiger partial charge in [-0.15, -0.1) is 0 Å². The zero-order valence-electron chi connectivity index (χ0n) is 16.8. The molecule has 0 aliphatic carbocycles. The monoisotopic (exact) mass is 395 g/mol. The van der Waals surface area contributed by atoms with Crippen LogP contribution in [-0.4, -0.2) is 36.0 Å². The molecule has 0 saturated carbocycles. The Morgan fingerprint density at radius 1 is 1.03 bits per heavy atom. The molecule has 152 valence electrons. The molecule has 7 nitrogen and oxygen atoms in total. The third kappa shape index (κ3) is 5.28. The Morgan fingerprint density at radius 2 is 1.76 bits per heavy atom. The number of hydrogen-bond acceptors (Lipinski definition) is 5. The number of rotatable bonds is 9. The van der Waals surface area contributed by atoms with Crippen LogP contribution in [-0.2, 0) is 6.54 Å². The fourth-order valence-electron chi connectivity index (χ4n) is 2.84. The highest BCUT2D eigenvalue weighted by Gasteiger charge is 2.10. The summed E-state index contributed by atoms with van der Waals surface area (Å²) in [5.74, 6) is 1.95. The number of amides is 1. The minimum absolute atomic E-state index is 0.202. The largest absolute Gasteiger partial charge is 0.497 e. The zero-order chi connectivity index (χ0) is 20.6. The highest BCUT2D eigenvalue weighted by Crippen LogP contribution is 2.29. The summed E-state index contributed by atoms with van der Waals surface area (Å²) in [5, 5.41) is 7.18. The topological polar surface area (TPSA) is 74.6 Å². The Hall–Kier alpha value is -3.48. The van der Waals surface area contributed by atoms with Gasteiger partial charge in [-0.05, 0) is 55.8 Å². The summed E-state index contributed by atoms with van der Waals surface area (Å²) in [5.41, 5.74) is 2.20. The lowest BCUT2D eigenvalue weighted by molar-refractivity contribution is 0.102. The van der Waals surface area contributed by atoms with Gasteiger partial charge in [0.25, 0.3) is 5.91 Å². The third-order valence-corrected chi connectivity index (χ3v) is 4.20. The molecule has 29 heavy (non-hydrogen) atoms. The fraction of sp³-hybridized carbons (Fsp3) is 0.273. The van der Waals surface area contributed by atoms with E-state index in [0.717, 1.165) is 11.3 Å². The fourth-order valence-corrected chi connectivity index (χ4v) is 2.84. The Balaban J connectivity index is 1.66. The van der Waals surface area contributed by atoms with E-state index in [1.165, 1.54) is 0 Å². The number of nitrogens with zero attached hydrogens (tertiary/aromatic N) is 2. The highest BCUT2D eigenvalue weighted by atomic mass is 16.5. The predicted octanol–water partition coefficient (Wildman–Crippen LogP) is 3.99. The molecule has 1 amide bonds. The van der Waals surface area contributed by atoms with E-state index < -0.39 is 0 Å². The van der Waals surface area contributed by atoms with Crippen molar-refractivity contribution in [3.8, 4) is 17.2 Å². The van der Waals surface area contributed by atoms with Gasteiger partial charge in [-0.1, -0.05) is 6.07 Å². The number of methoxy groups -OCH3 is 1. The molecule has 0 aliphatic rings. The highest BCUT2D eigenvalue weighted by molar-refractivity contribution is 6.04. The third-order valence-electron chi connectivity index (χ3n) is 4.20. The lowest BCUT2D eigenvalue weighted by Gasteiger charge is -2.12. The second kappa shape index (κ2) is 9.64. The molecular weight excluding hydrogens is 370 g/mol. The molecular formula is C22H25N3O4. The molecule has 3 aromatic rings. The number of carbonyl (C=O) groups excluding carboxylic acids is 1. The first-order chi connectivity index (χ1) is 14.1. The van der Waals surface area contributed by atoms with Crippen molar-refractivity contribution in [3.63, 3.8) is 0 Å². The predicted molar refractivity (Wildman–Crippen MR) is 111 cm³/mol. The lowest BCUT2D eigenvalue weighted by atomic mass is 10.2. The maximum Gasteiger partial charge on any atom is 0.255 e. The summed E-state index contributed by atoms with van der Waals surface area (Å²) in [6.07, 6.45) is 3.41. The van der Waals surface area contributed by atoms with Gasteiger partial charge in [0.15, 0.2) is 11.5 Å². The van der Waals surface area contributed by atoms with Crippen LogP contribution >= 0.6 is 0 Å². The Kier molecular flexibility index (Phi) is 6.73. The van der Waals surface area contributed by atoms with Gasteiger partial charge in [-0.25, -0.2) is 0 Å². The smallest absolute Gasteiger partial charge is 0.255 e. The van der Waals surface area contributed by atoms with E-state index in [0.29, 0.717) is 42.5 Å². The quantitative estimate of drug-likeness (QED) is 0.593. The number of anilines is 1. The molecule has 0 unspecified atom stereocenters. The standard InChI is InChI=1S/C22H25N3O4/c1-4-28-20-11-6-16(12-21(20)29-5-2)14-25-15-18(13-23-25)24-22(26)17-7-9-19(27-3)10-8-17/h6-13,15H,4-5,14H2,1-3H3,(H,24,26). The minimum atomic E-state index is -0.202. The van der Waals surface area contributed by atoms with E-state index in [9.17, 15) is 4.79 Å². The molecule has 0 saturated heterocycles. The second-order valence-corrected chi connectivity index (χ2v) is 6.26. The molecule has 0 atom stereocenters. The normalized spacial score (nSPS) is 10.4. The van der Waals surface area contributed by atoms with Crippen molar-refractivity contribution in [1.29, 1.82) is 0 Å². The van der Waals surface area contributed by atoms with E-state index in [1.54, 1.807) is 48.5 Å². The molecule has 0 radical (unpaired) electrons. The van der Waals surface area contributed by atoms with E-state index in [-0.39, 0.29) is 5.91 Å². The van der Waals surface area contributed by atoms with E-state index in [2.05, 4.69) is 10.4 Å². The maximum absolute atomic E-state index is 12.4. The molecule has 2 aromatic carbocycles. The zero-order valence-corrected chi connectivity index (χ0v) is 16.8. The van der Waals surface area contributed by atoms with Gasteiger partial charge in [0.05, 0.1) is 38.8 Å². The summed E-state index contributed by atoms with van der Waals surface area (Å²) in [4.78, 5) is 12.4. The van der Waals surface area contributed by atoms with Crippen LogP contribution in [0.15, 0.2) is 54.9 Å². The lowest BCUT2D eigenvalue weighted by Crippen LogP contribution is -2.11. The van der Waals surface area contributed by atoms with Crippen molar-refractivity contribution in [2.75, 3.05) is 25.6 Å². The first-order valence-corrected chi connectivity index (χ1v) is 9.49. The summed E-state index contributed by atoms with van der Waals surface area (Å²) < 4.78 is 18.1. The molecule has 0 fully saturated rings. The molecule has 3 rings (SSSR count). The summed E-state index contributed by atoms with van der Waals surface area (Å²) in [6, 6.07) is 12.8.